The Bertz CT molecular complexity index is 738. The van der Waals surface area contributed by atoms with Crippen LogP contribution in [0, 0.1) is 0 Å². The van der Waals surface area contributed by atoms with Crippen LogP contribution in [0.5, 0.6) is 0 Å². The van der Waals surface area contributed by atoms with E-state index in [2.05, 4.69) is 9.38 Å². The molecule has 0 unspecified atom stereocenters. The zero-order valence-corrected chi connectivity index (χ0v) is 11.4. The number of sulfonamides is 1. The van der Waals surface area contributed by atoms with Crippen LogP contribution in [0.4, 0.5) is 5.69 Å². The lowest BCUT2D eigenvalue weighted by atomic mass is 10.1. The summed E-state index contributed by atoms with van der Waals surface area (Å²) in [6, 6.07) is 4.72. The maximum absolute atomic E-state index is 12.2. The average Bonchev–Trinajstić information content (AvgIpc) is 2.35. The molecule has 0 saturated carbocycles. The second-order valence-corrected chi connectivity index (χ2v) is 5.88. The molecule has 100 valence electrons. The van der Waals surface area contributed by atoms with E-state index in [4.69, 9.17) is 5.73 Å². The first kappa shape index (κ1) is 13.3. The third kappa shape index (κ3) is 2.82. The molecule has 0 fully saturated rings. The fourth-order valence-electron chi connectivity index (χ4n) is 1.62. The SMILES string of the molecule is CN(C)/C=N/S(=O)(=O)c1cc(N)cc2cnccc12. The second-order valence-electron chi connectivity index (χ2n) is 4.28. The zero-order valence-electron chi connectivity index (χ0n) is 10.6. The first-order valence-corrected chi connectivity index (χ1v) is 6.94. The number of hydrogen-bond donors (Lipinski definition) is 1. The van der Waals surface area contributed by atoms with Crippen LogP contribution in [0.1, 0.15) is 0 Å². The lowest BCUT2D eigenvalue weighted by molar-refractivity contribution is 0.595. The highest BCUT2D eigenvalue weighted by atomic mass is 32.2. The van der Waals surface area contributed by atoms with E-state index in [1.807, 2.05) is 0 Å². The van der Waals surface area contributed by atoms with Crippen LogP contribution in [-0.4, -0.2) is 38.7 Å². The van der Waals surface area contributed by atoms with Crippen molar-refractivity contribution in [3.63, 3.8) is 0 Å². The van der Waals surface area contributed by atoms with E-state index in [1.54, 1.807) is 37.3 Å². The number of aromatic nitrogens is 1. The van der Waals surface area contributed by atoms with Gasteiger partial charge < -0.3 is 10.6 Å². The maximum atomic E-state index is 12.2. The van der Waals surface area contributed by atoms with Gasteiger partial charge >= 0.3 is 0 Å². The number of rotatable bonds is 3. The number of benzene rings is 1. The average molecular weight is 278 g/mol. The van der Waals surface area contributed by atoms with Gasteiger partial charge in [-0.05, 0) is 18.2 Å². The van der Waals surface area contributed by atoms with Gasteiger partial charge in [0.15, 0.2) is 0 Å². The molecular formula is C12H14N4O2S. The number of nitrogens with zero attached hydrogens (tertiary/aromatic N) is 3. The molecule has 0 atom stereocenters. The molecule has 1 aromatic carbocycles. The van der Waals surface area contributed by atoms with E-state index in [9.17, 15) is 8.42 Å². The summed E-state index contributed by atoms with van der Waals surface area (Å²) in [7, 11) is -0.395. The molecule has 1 aromatic heterocycles. The molecule has 19 heavy (non-hydrogen) atoms. The van der Waals surface area contributed by atoms with Crippen molar-refractivity contribution in [1.29, 1.82) is 0 Å². The van der Waals surface area contributed by atoms with E-state index < -0.39 is 10.0 Å². The van der Waals surface area contributed by atoms with E-state index >= 15 is 0 Å². The standard InChI is InChI=1S/C12H14N4O2S/c1-16(2)8-15-19(17,18)12-6-10(13)5-9-7-14-4-3-11(9)12/h3-8H,13H2,1-2H3/b15-8+. The van der Waals surface area contributed by atoms with Crippen LogP contribution in [0.25, 0.3) is 10.8 Å². The Morgan fingerprint density at radius 2 is 2.11 bits per heavy atom. The maximum Gasteiger partial charge on any atom is 0.284 e. The van der Waals surface area contributed by atoms with Crippen LogP contribution in [0.2, 0.25) is 0 Å². The summed E-state index contributed by atoms with van der Waals surface area (Å²) in [6.45, 7) is 0. The molecule has 0 spiro atoms. The van der Waals surface area contributed by atoms with Crippen LogP contribution < -0.4 is 5.73 Å². The number of fused-ring (bicyclic) bond motifs is 1. The molecule has 2 N–H and O–H groups in total. The second kappa shape index (κ2) is 4.85. The van der Waals surface area contributed by atoms with Gasteiger partial charge in [0.25, 0.3) is 10.0 Å². The van der Waals surface area contributed by atoms with Crippen molar-refractivity contribution in [2.75, 3.05) is 19.8 Å². The number of pyridine rings is 1. The summed E-state index contributed by atoms with van der Waals surface area (Å²) in [5.41, 5.74) is 6.08. The Kier molecular flexibility index (Phi) is 3.39. The minimum atomic E-state index is -3.78. The number of nitrogen functional groups attached to an aromatic ring is 1. The van der Waals surface area contributed by atoms with Crippen molar-refractivity contribution in [2.24, 2.45) is 4.40 Å². The van der Waals surface area contributed by atoms with Gasteiger partial charge in [-0.2, -0.15) is 8.42 Å². The summed E-state index contributed by atoms with van der Waals surface area (Å²) < 4.78 is 28.0. The summed E-state index contributed by atoms with van der Waals surface area (Å²) in [4.78, 5) is 5.59. The van der Waals surface area contributed by atoms with Gasteiger partial charge in [-0.15, -0.1) is 4.40 Å². The van der Waals surface area contributed by atoms with Gasteiger partial charge in [-0.1, -0.05) is 0 Å². The summed E-state index contributed by atoms with van der Waals surface area (Å²) in [6.07, 6.45) is 4.35. The third-order valence-corrected chi connectivity index (χ3v) is 3.70. The monoisotopic (exact) mass is 278 g/mol. The minimum Gasteiger partial charge on any atom is -0.399 e. The van der Waals surface area contributed by atoms with Crippen molar-refractivity contribution >= 4 is 32.8 Å². The number of anilines is 1. The van der Waals surface area contributed by atoms with E-state index in [-0.39, 0.29) is 4.90 Å². The quantitative estimate of drug-likeness (QED) is 0.516. The zero-order chi connectivity index (χ0) is 14.0. The lowest BCUT2D eigenvalue weighted by Crippen LogP contribution is -2.10. The van der Waals surface area contributed by atoms with Gasteiger partial charge in [0.1, 0.15) is 6.34 Å². The van der Waals surface area contributed by atoms with Crippen LogP contribution in [0.15, 0.2) is 39.9 Å². The molecule has 7 heteroatoms. The highest BCUT2D eigenvalue weighted by Crippen LogP contribution is 2.26. The molecule has 0 radical (unpaired) electrons. The normalized spacial score (nSPS) is 12.1. The largest absolute Gasteiger partial charge is 0.399 e. The highest BCUT2D eigenvalue weighted by Gasteiger charge is 2.16. The molecular weight excluding hydrogens is 264 g/mol. The predicted octanol–water partition coefficient (Wildman–Crippen LogP) is 1.10. The molecule has 1 heterocycles. The van der Waals surface area contributed by atoms with Gasteiger partial charge in [0.2, 0.25) is 0 Å². The van der Waals surface area contributed by atoms with Crippen molar-refractivity contribution in [1.82, 2.24) is 9.88 Å². The van der Waals surface area contributed by atoms with Crippen LogP contribution in [0.3, 0.4) is 0 Å². The summed E-state index contributed by atoms with van der Waals surface area (Å²) >= 11 is 0. The van der Waals surface area contributed by atoms with Gasteiger partial charge in [0, 0.05) is 42.9 Å². The van der Waals surface area contributed by atoms with Gasteiger partial charge in [-0.3, -0.25) is 4.98 Å². The molecule has 0 aliphatic carbocycles. The summed E-state index contributed by atoms with van der Waals surface area (Å²) in [5.74, 6) is 0. The fourth-order valence-corrected chi connectivity index (χ4v) is 2.80. The van der Waals surface area contributed by atoms with E-state index in [0.717, 1.165) is 0 Å². The van der Waals surface area contributed by atoms with Crippen LogP contribution >= 0.6 is 0 Å². The van der Waals surface area contributed by atoms with Gasteiger partial charge in [0.05, 0.1) is 4.90 Å². The molecule has 0 aliphatic rings. The van der Waals surface area contributed by atoms with E-state index in [0.29, 0.717) is 16.5 Å². The predicted molar refractivity (Wildman–Crippen MR) is 75.5 cm³/mol. The van der Waals surface area contributed by atoms with Crippen molar-refractivity contribution in [2.45, 2.75) is 4.90 Å². The molecule has 6 nitrogen and oxygen atoms in total. The first-order chi connectivity index (χ1) is 8.90. The Hall–Kier alpha value is -2.15. The molecule has 0 saturated heterocycles. The highest BCUT2D eigenvalue weighted by molar-refractivity contribution is 7.90. The molecule has 0 amide bonds. The Balaban J connectivity index is 2.68. The topological polar surface area (TPSA) is 88.7 Å². The fraction of sp³-hybridized carbons (Fsp3) is 0.167. The third-order valence-electron chi connectivity index (χ3n) is 2.43. The van der Waals surface area contributed by atoms with Crippen molar-refractivity contribution in [3.05, 3.63) is 30.6 Å². The molecule has 2 aromatic rings. The van der Waals surface area contributed by atoms with Gasteiger partial charge in [-0.25, -0.2) is 0 Å². The first-order valence-electron chi connectivity index (χ1n) is 5.50. The summed E-state index contributed by atoms with van der Waals surface area (Å²) in [5, 5.41) is 1.22. The lowest BCUT2D eigenvalue weighted by Gasteiger charge is -2.07. The Labute approximate surface area is 111 Å². The van der Waals surface area contributed by atoms with E-state index in [1.165, 1.54) is 18.6 Å². The van der Waals surface area contributed by atoms with Crippen LogP contribution in [-0.2, 0) is 10.0 Å². The van der Waals surface area contributed by atoms with Crippen molar-refractivity contribution < 1.29 is 8.42 Å². The molecule has 0 aliphatic heterocycles. The Morgan fingerprint density at radius 3 is 2.79 bits per heavy atom. The smallest absolute Gasteiger partial charge is 0.284 e. The molecule has 0 bridgehead atoms. The molecule has 2 rings (SSSR count). The number of hydrogen-bond acceptors (Lipinski definition) is 4. The van der Waals surface area contributed by atoms with Crippen molar-refractivity contribution in [3.8, 4) is 0 Å². The number of nitrogens with two attached hydrogens (primary N) is 1. The Morgan fingerprint density at radius 1 is 1.37 bits per heavy atom. The minimum absolute atomic E-state index is 0.0861.